The zero-order chi connectivity index (χ0) is 14.8. The summed E-state index contributed by atoms with van der Waals surface area (Å²) in [6, 6.07) is 0. The van der Waals surface area contributed by atoms with Crippen LogP contribution in [0.5, 0.6) is 0 Å². The van der Waals surface area contributed by atoms with Gasteiger partial charge in [0.1, 0.15) is 5.60 Å². The summed E-state index contributed by atoms with van der Waals surface area (Å²) in [5.74, 6) is -1.52. The lowest BCUT2D eigenvalue weighted by atomic mass is 9.70. The number of carboxylic acid groups (broad SMARTS) is 1. The molecule has 4 nitrogen and oxygen atoms in total. The predicted octanol–water partition coefficient (Wildman–Crippen LogP) is 2.11. The molecule has 0 aromatic rings. The van der Waals surface area contributed by atoms with Gasteiger partial charge >= 0.3 is 5.97 Å². The summed E-state index contributed by atoms with van der Waals surface area (Å²) in [6.45, 7) is 6.96. The zero-order valence-electron chi connectivity index (χ0n) is 11.7. The Labute approximate surface area is 113 Å². The average molecular weight is 264 g/mol. The molecule has 2 N–H and O–H groups in total. The van der Waals surface area contributed by atoms with Crippen molar-refractivity contribution in [2.75, 3.05) is 0 Å². The van der Waals surface area contributed by atoms with Crippen LogP contribution in [-0.2, 0) is 9.59 Å². The molecule has 0 amide bonds. The minimum atomic E-state index is -1.21. The molecule has 0 aromatic carbocycles. The molecular formula is C15H20O4. The van der Waals surface area contributed by atoms with Gasteiger partial charge in [-0.2, -0.15) is 0 Å². The van der Waals surface area contributed by atoms with Crippen LogP contribution in [0.3, 0.4) is 0 Å². The van der Waals surface area contributed by atoms with E-state index in [1.807, 2.05) is 6.92 Å². The lowest BCUT2D eigenvalue weighted by Gasteiger charge is -2.38. The molecule has 1 aliphatic carbocycles. The Morgan fingerprint density at radius 2 is 2.00 bits per heavy atom. The molecule has 0 fully saturated rings. The third-order valence-corrected chi connectivity index (χ3v) is 3.83. The van der Waals surface area contributed by atoms with Crippen molar-refractivity contribution in [3.63, 3.8) is 0 Å². The summed E-state index contributed by atoms with van der Waals surface area (Å²) in [7, 11) is 0. The van der Waals surface area contributed by atoms with Crippen LogP contribution in [0, 0.1) is 11.8 Å². The molecule has 0 spiro atoms. The molecule has 0 bridgehead atoms. The van der Waals surface area contributed by atoms with E-state index in [9.17, 15) is 14.7 Å². The van der Waals surface area contributed by atoms with Crippen molar-refractivity contribution in [3.05, 3.63) is 35.5 Å². The lowest BCUT2D eigenvalue weighted by Crippen LogP contribution is -2.44. The average Bonchev–Trinajstić information content (AvgIpc) is 2.31. The van der Waals surface area contributed by atoms with Gasteiger partial charge < -0.3 is 10.2 Å². The highest BCUT2D eigenvalue weighted by Gasteiger charge is 2.41. The number of aliphatic carboxylic acids is 1. The summed E-state index contributed by atoms with van der Waals surface area (Å²) < 4.78 is 0. The highest BCUT2D eigenvalue weighted by atomic mass is 16.4. The fourth-order valence-electron chi connectivity index (χ4n) is 2.23. The van der Waals surface area contributed by atoms with Crippen LogP contribution in [0.4, 0.5) is 0 Å². The van der Waals surface area contributed by atoms with E-state index in [1.165, 1.54) is 6.08 Å². The van der Waals surface area contributed by atoms with Crippen molar-refractivity contribution in [3.8, 4) is 0 Å². The molecule has 0 aromatic heterocycles. The highest BCUT2D eigenvalue weighted by molar-refractivity contribution is 5.94. The van der Waals surface area contributed by atoms with Gasteiger partial charge in [-0.15, -0.1) is 0 Å². The van der Waals surface area contributed by atoms with Crippen LogP contribution in [0.2, 0.25) is 0 Å². The van der Waals surface area contributed by atoms with Crippen molar-refractivity contribution in [2.45, 2.75) is 33.3 Å². The minimum absolute atomic E-state index is 0.0147. The summed E-state index contributed by atoms with van der Waals surface area (Å²) in [5.41, 5.74) is -0.0889. The molecule has 1 aliphatic rings. The maximum Gasteiger partial charge on any atom is 0.328 e. The summed E-state index contributed by atoms with van der Waals surface area (Å²) in [6.07, 6.45) is 5.68. The molecule has 0 saturated carbocycles. The molecule has 3 atom stereocenters. The third-order valence-electron chi connectivity index (χ3n) is 3.83. The Hall–Kier alpha value is -1.68. The van der Waals surface area contributed by atoms with E-state index in [-0.39, 0.29) is 17.6 Å². The van der Waals surface area contributed by atoms with Crippen LogP contribution in [0.25, 0.3) is 0 Å². The second kappa shape index (κ2) is 5.53. The predicted molar refractivity (Wildman–Crippen MR) is 72.6 cm³/mol. The first kappa shape index (κ1) is 15.4. The number of hydrogen-bond donors (Lipinski definition) is 2. The van der Waals surface area contributed by atoms with Crippen LogP contribution in [-0.4, -0.2) is 27.6 Å². The number of hydrogen-bond acceptors (Lipinski definition) is 3. The van der Waals surface area contributed by atoms with Gasteiger partial charge in [-0.3, -0.25) is 4.79 Å². The van der Waals surface area contributed by atoms with Crippen molar-refractivity contribution in [1.82, 2.24) is 0 Å². The van der Waals surface area contributed by atoms with Gasteiger partial charge in [0.15, 0.2) is 5.78 Å². The molecule has 0 radical (unpaired) electrons. The number of carbonyl (C=O) groups excluding carboxylic acids is 1. The molecule has 104 valence electrons. The van der Waals surface area contributed by atoms with E-state index < -0.39 is 11.6 Å². The van der Waals surface area contributed by atoms with Crippen molar-refractivity contribution >= 4 is 11.8 Å². The molecule has 1 rings (SSSR count). The Morgan fingerprint density at radius 1 is 1.42 bits per heavy atom. The molecule has 0 heterocycles. The first-order valence-corrected chi connectivity index (χ1v) is 6.24. The SMILES string of the molecule is CC1=CC(=O)C(C)C(C)C1(O)/C=C/C(C)=C\C(=O)O. The first-order chi connectivity index (χ1) is 8.68. The molecule has 3 unspecified atom stereocenters. The lowest BCUT2D eigenvalue weighted by molar-refractivity contribution is -0.131. The van der Waals surface area contributed by atoms with Gasteiger partial charge in [0, 0.05) is 17.9 Å². The van der Waals surface area contributed by atoms with E-state index in [1.54, 1.807) is 32.9 Å². The number of aliphatic hydroxyl groups is 1. The minimum Gasteiger partial charge on any atom is -0.478 e. The van der Waals surface area contributed by atoms with E-state index in [2.05, 4.69) is 0 Å². The fourth-order valence-corrected chi connectivity index (χ4v) is 2.23. The maximum absolute atomic E-state index is 11.7. The number of allylic oxidation sites excluding steroid dienone is 3. The van der Waals surface area contributed by atoms with Gasteiger partial charge in [-0.25, -0.2) is 4.79 Å². The molecule has 0 aliphatic heterocycles. The fraction of sp³-hybridized carbons (Fsp3) is 0.467. The number of rotatable bonds is 3. The Bertz CT molecular complexity index is 484. The summed E-state index contributed by atoms with van der Waals surface area (Å²) in [5, 5.41) is 19.3. The first-order valence-electron chi connectivity index (χ1n) is 6.24. The van der Waals surface area contributed by atoms with E-state index >= 15 is 0 Å². The van der Waals surface area contributed by atoms with Gasteiger partial charge in [-0.1, -0.05) is 19.9 Å². The van der Waals surface area contributed by atoms with Gasteiger partial charge in [0.2, 0.25) is 0 Å². The Kier molecular flexibility index (Phi) is 4.48. The maximum atomic E-state index is 11.7. The van der Waals surface area contributed by atoms with Gasteiger partial charge in [0.25, 0.3) is 0 Å². The van der Waals surface area contributed by atoms with Gasteiger partial charge in [-0.05, 0) is 37.1 Å². The highest BCUT2D eigenvalue weighted by Crippen LogP contribution is 2.37. The molecule has 4 heteroatoms. The smallest absolute Gasteiger partial charge is 0.328 e. The normalized spacial score (nSPS) is 32.6. The third kappa shape index (κ3) is 3.20. The second-order valence-corrected chi connectivity index (χ2v) is 5.19. The summed E-state index contributed by atoms with van der Waals surface area (Å²) >= 11 is 0. The summed E-state index contributed by atoms with van der Waals surface area (Å²) in [4.78, 5) is 22.2. The Balaban J connectivity index is 3.10. The van der Waals surface area contributed by atoms with Crippen LogP contribution in [0.1, 0.15) is 27.7 Å². The molecular weight excluding hydrogens is 244 g/mol. The largest absolute Gasteiger partial charge is 0.478 e. The standard InChI is InChI=1S/C15H20O4/c1-9(7-14(17)18)5-6-15(19)10(2)8-13(16)11(3)12(15)4/h5-8,11-12,19H,1-4H3,(H,17,18)/b6-5+,9-7-. The number of carbonyl (C=O) groups is 2. The molecule has 19 heavy (non-hydrogen) atoms. The van der Waals surface area contributed by atoms with Crippen molar-refractivity contribution < 1.29 is 19.8 Å². The van der Waals surface area contributed by atoms with Crippen LogP contribution in [0.15, 0.2) is 35.5 Å². The van der Waals surface area contributed by atoms with E-state index in [0.29, 0.717) is 11.1 Å². The quantitative estimate of drug-likeness (QED) is 0.604. The van der Waals surface area contributed by atoms with Gasteiger partial charge in [0.05, 0.1) is 0 Å². The van der Waals surface area contributed by atoms with E-state index in [0.717, 1.165) is 6.08 Å². The zero-order valence-corrected chi connectivity index (χ0v) is 11.7. The monoisotopic (exact) mass is 264 g/mol. The molecule has 0 saturated heterocycles. The number of carboxylic acids is 1. The van der Waals surface area contributed by atoms with Crippen LogP contribution < -0.4 is 0 Å². The Morgan fingerprint density at radius 3 is 2.53 bits per heavy atom. The van der Waals surface area contributed by atoms with Crippen molar-refractivity contribution in [1.29, 1.82) is 0 Å². The van der Waals surface area contributed by atoms with Crippen LogP contribution >= 0.6 is 0 Å². The number of ketones is 1. The van der Waals surface area contributed by atoms with Crippen molar-refractivity contribution in [2.24, 2.45) is 11.8 Å². The van der Waals surface area contributed by atoms with E-state index in [4.69, 9.17) is 5.11 Å². The topological polar surface area (TPSA) is 74.6 Å². The second-order valence-electron chi connectivity index (χ2n) is 5.19.